The zero-order valence-electron chi connectivity index (χ0n) is 10.4. The molecule has 2 rings (SSSR count). The molecule has 0 fully saturated rings. The number of aromatic nitrogens is 1. The lowest BCUT2D eigenvalue weighted by Gasteiger charge is -2.08. The first-order valence-corrected chi connectivity index (χ1v) is 6.39. The Morgan fingerprint density at radius 3 is 2.52 bits per heavy atom. The molecule has 108 valence electrons. The number of rotatable bonds is 3. The Balaban J connectivity index is 2.33. The van der Waals surface area contributed by atoms with Gasteiger partial charge in [-0.2, -0.15) is 0 Å². The Hall–Kier alpha value is -2.35. The molecule has 0 saturated heterocycles. The third kappa shape index (κ3) is 3.40. The van der Waals surface area contributed by atoms with Crippen LogP contribution in [0.25, 0.3) is 0 Å². The summed E-state index contributed by atoms with van der Waals surface area (Å²) in [5, 5.41) is 2.24. The van der Waals surface area contributed by atoms with E-state index < -0.39 is 29.0 Å². The van der Waals surface area contributed by atoms with Crippen LogP contribution in [0.3, 0.4) is 0 Å². The van der Waals surface area contributed by atoms with E-state index in [1.165, 1.54) is 18.3 Å². The quantitative estimate of drug-likeness (QED) is 0.829. The number of nitrogens with one attached hydrogen (secondary N) is 1. The molecule has 2 aromatic rings. The number of hydrogen-bond acceptors (Lipinski definition) is 3. The molecule has 8 heteroatoms. The highest BCUT2D eigenvalue weighted by Gasteiger charge is 2.16. The number of benzene rings is 1. The normalized spacial score (nSPS) is 10.2. The van der Waals surface area contributed by atoms with Gasteiger partial charge < -0.3 is 11.1 Å². The van der Waals surface area contributed by atoms with Crippen molar-refractivity contribution in [3.63, 3.8) is 0 Å². The lowest BCUT2D eigenvalue weighted by molar-refractivity contribution is 0.0992. The molecule has 21 heavy (non-hydrogen) atoms. The maximum absolute atomic E-state index is 13.6. The van der Waals surface area contributed by atoms with Gasteiger partial charge in [-0.25, -0.2) is 13.8 Å². The zero-order chi connectivity index (χ0) is 15.6. The van der Waals surface area contributed by atoms with Gasteiger partial charge in [0.15, 0.2) is 0 Å². The molecule has 1 heterocycles. The van der Waals surface area contributed by atoms with E-state index in [-0.39, 0.29) is 11.3 Å². The predicted octanol–water partition coefficient (Wildman–Crippen LogP) is 2.47. The molecule has 0 bridgehead atoms. The third-order valence-electron chi connectivity index (χ3n) is 2.56. The van der Waals surface area contributed by atoms with E-state index >= 15 is 0 Å². The fraction of sp³-hybridized carbons (Fsp3) is 0. The van der Waals surface area contributed by atoms with Gasteiger partial charge in [0.25, 0.3) is 11.8 Å². The van der Waals surface area contributed by atoms with Crippen molar-refractivity contribution >= 4 is 33.4 Å². The number of halogens is 3. The lowest BCUT2D eigenvalue weighted by Crippen LogP contribution is -2.17. The third-order valence-corrected chi connectivity index (χ3v) is 2.99. The number of anilines is 1. The minimum atomic E-state index is -1.09. The Labute approximate surface area is 126 Å². The molecule has 5 nitrogen and oxygen atoms in total. The highest BCUT2D eigenvalue weighted by Crippen LogP contribution is 2.20. The van der Waals surface area contributed by atoms with Crippen molar-refractivity contribution in [3.8, 4) is 0 Å². The van der Waals surface area contributed by atoms with Crippen LogP contribution in [0, 0.1) is 11.6 Å². The smallest absolute Gasteiger partial charge is 0.255 e. The number of nitrogens with two attached hydrogens (primary N) is 1. The van der Waals surface area contributed by atoms with Crippen molar-refractivity contribution in [1.29, 1.82) is 0 Å². The fourth-order valence-corrected chi connectivity index (χ4v) is 1.94. The van der Waals surface area contributed by atoms with Crippen molar-refractivity contribution < 1.29 is 18.4 Å². The Bertz CT molecular complexity index is 737. The van der Waals surface area contributed by atoms with Crippen molar-refractivity contribution in [2.45, 2.75) is 0 Å². The van der Waals surface area contributed by atoms with E-state index in [2.05, 4.69) is 26.2 Å². The van der Waals surface area contributed by atoms with Crippen LogP contribution in [0.15, 0.2) is 35.1 Å². The maximum atomic E-state index is 13.6. The van der Waals surface area contributed by atoms with Crippen LogP contribution in [0.5, 0.6) is 0 Å². The van der Waals surface area contributed by atoms with Gasteiger partial charge in [0, 0.05) is 17.8 Å². The van der Waals surface area contributed by atoms with E-state index in [0.717, 1.165) is 6.07 Å². The second-order valence-corrected chi connectivity index (χ2v) is 4.81. The molecule has 0 unspecified atom stereocenters. The van der Waals surface area contributed by atoms with Crippen molar-refractivity contribution in [2.24, 2.45) is 5.73 Å². The molecule has 0 radical (unpaired) electrons. The topological polar surface area (TPSA) is 85.1 Å². The van der Waals surface area contributed by atoms with Gasteiger partial charge in [0.05, 0.1) is 11.3 Å². The first-order chi connectivity index (χ1) is 9.88. The van der Waals surface area contributed by atoms with E-state index in [1.807, 2.05) is 0 Å². The monoisotopic (exact) mass is 355 g/mol. The molecule has 0 atom stereocenters. The van der Waals surface area contributed by atoms with Crippen LogP contribution >= 0.6 is 15.9 Å². The molecule has 0 aliphatic rings. The highest BCUT2D eigenvalue weighted by atomic mass is 79.9. The highest BCUT2D eigenvalue weighted by molar-refractivity contribution is 9.10. The molecular formula is C13H8BrF2N3O2. The van der Waals surface area contributed by atoms with Crippen LogP contribution in [-0.4, -0.2) is 16.8 Å². The molecule has 1 aromatic carbocycles. The summed E-state index contributed by atoms with van der Waals surface area (Å²) < 4.78 is 27.4. The number of nitrogens with zero attached hydrogens (tertiary/aromatic N) is 1. The number of hydrogen-bond donors (Lipinski definition) is 2. The standard InChI is InChI=1S/C13H8BrF2N3O2/c14-11-3-6(1-2-18-11)13(21)19-10-4-7(12(17)20)8(15)5-9(10)16/h1-5H,(H2,17,20)(H,19,21). The van der Waals surface area contributed by atoms with Crippen LogP contribution in [0.2, 0.25) is 0 Å². The molecular weight excluding hydrogens is 348 g/mol. The summed E-state index contributed by atoms with van der Waals surface area (Å²) in [6, 6.07) is 4.17. The maximum Gasteiger partial charge on any atom is 0.255 e. The van der Waals surface area contributed by atoms with Gasteiger partial charge in [-0.05, 0) is 34.1 Å². The first-order valence-electron chi connectivity index (χ1n) is 5.60. The predicted molar refractivity (Wildman–Crippen MR) is 74.8 cm³/mol. The summed E-state index contributed by atoms with van der Waals surface area (Å²) >= 11 is 3.09. The molecule has 3 N–H and O–H groups in total. The minimum absolute atomic E-state index is 0.209. The van der Waals surface area contributed by atoms with Gasteiger partial charge >= 0.3 is 0 Å². The second-order valence-electron chi connectivity index (χ2n) is 4.00. The van der Waals surface area contributed by atoms with Crippen molar-refractivity contribution in [2.75, 3.05) is 5.32 Å². The SMILES string of the molecule is NC(=O)c1cc(NC(=O)c2ccnc(Br)c2)c(F)cc1F. The number of carbonyl (C=O) groups excluding carboxylic acids is 2. The summed E-state index contributed by atoms with van der Waals surface area (Å²) in [5.41, 5.74) is 4.32. The van der Waals surface area contributed by atoms with Crippen LogP contribution < -0.4 is 11.1 Å². The number of primary amides is 1. The number of amides is 2. The fourth-order valence-electron chi connectivity index (χ4n) is 1.57. The van der Waals surface area contributed by atoms with Gasteiger partial charge in [-0.1, -0.05) is 0 Å². The van der Waals surface area contributed by atoms with Crippen molar-refractivity contribution in [3.05, 3.63) is 57.8 Å². The molecule has 0 aliphatic carbocycles. The van der Waals surface area contributed by atoms with Gasteiger partial charge in [0.1, 0.15) is 16.2 Å². The second kappa shape index (κ2) is 5.96. The molecule has 0 spiro atoms. The summed E-state index contributed by atoms with van der Waals surface area (Å²) in [6.45, 7) is 0. The van der Waals surface area contributed by atoms with E-state index in [4.69, 9.17) is 5.73 Å². The minimum Gasteiger partial charge on any atom is -0.366 e. The Kier molecular flexibility index (Phi) is 4.27. The summed E-state index contributed by atoms with van der Waals surface area (Å²) in [6.07, 6.45) is 1.38. The first kappa shape index (κ1) is 15.0. The zero-order valence-corrected chi connectivity index (χ0v) is 11.9. The van der Waals surface area contributed by atoms with Crippen LogP contribution in [0.1, 0.15) is 20.7 Å². The summed E-state index contributed by atoms with van der Waals surface area (Å²) in [7, 11) is 0. The molecule has 0 saturated carbocycles. The molecule has 0 aliphatic heterocycles. The van der Waals surface area contributed by atoms with Gasteiger partial charge in [-0.3, -0.25) is 9.59 Å². The van der Waals surface area contributed by atoms with E-state index in [0.29, 0.717) is 10.7 Å². The van der Waals surface area contributed by atoms with Crippen LogP contribution in [-0.2, 0) is 0 Å². The van der Waals surface area contributed by atoms with Gasteiger partial charge in [0.2, 0.25) is 0 Å². The Morgan fingerprint density at radius 1 is 1.19 bits per heavy atom. The van der Waals surface area contributed by atoms with Crippen LogP contribution in [0.4, 0.5) is 14.5 Å². The molecule has 2 amide bonds. The van der Waals surface area contributed by atoms with Gasteiger partial charge in [-0.15, -0.1) is 0 Å². The lowest BCUT2D eigenvalue weighted by atomic mass is 10.1. The molecule has 1 aromatic heterocycles. The van der Waals surface area contributed by atoms with E-state index in [1.54, 1.807) is 0 Å². The number of carbonyl (C=O) groups is 2. The average Bonchev–Trinajstić information content (AvgIpc) is 2.41. The summed E-state index contributed by atoms with van der Waals surface area (Å²) in [4.78, 5) is 26.8. The Morgan fingerprint density at radius 2 is 1.90 bits per heavy atom. The average molecular weight is 356 g/mol. The van der Waals surface area contributed by atoms with Crippen molar-refractivity contribution in [1.82, 2.24) is 4.98 Å². The number of pyridine rings is 1. The van der Waals surface area contributed by atoms with E-state index in [9.17, 15) is 18.4 Å². The largest absolute Gasteiger partial charge is 0.366 e. The summed E-state index contributed by atoms with van der Waals surface area (Å²) in [5.74, 6) is -3.81.